The summed E-state index contributed by atoms with van der Waals surface area (Å²) < 4.78 is 16.9. The van der Waals surface area contributed by atoms with Crippen molar-refractivity contribution in [3.05, 3.63) is 48.6 Å². The first-order valence-electron chi connectivity index (χ1n) is 33.1. The minimum Gasteiger partial charge on any atom is -0.462 e. The number of unbranched alkanes of at least 4 members (excludes halogenated alkanes) is 42. The van der Waals surface area contributed by atoms with Crippen molar-refractivity contribution in [3.8, 4) is 0 Å². The summed E-state index contributed by atoms with van der Waals surface area (Å²) in [5, 5.41) is 0. The summed E-state index contributed by atoms with van der Waals surface area (Å²) in [4.78, 5) is 38.3. The molecule has 0 aromatic rings. The molecule has 0 amide bonds. The summed E-state index contributed by atoms with van der Waals surface area (Å²) >= 11 is 0. The van der Waals surface area contributed by atoms with Crippen LogP contribution in [0.4, 0.5) is 0 Å². The van der Waals surface area contributed by atoms with Gasteiger partial charge in [0, 0.05) is 19.3 Å². The number of esters is 3. The van der Waals surface area contributed by atoms with E-state index in [1.54, 1.807) is 0 Å². The summed E-state index contributed by atoms with van der Waals surface area (Å²) in [6.07, 6.45) is 79.8. The van der Waals surface area contributed by atoms with Crippen molar-refractivity contribution < 1.29 is 28.6 Å². The van der Waals surface area contributed by atoms with Crippen LogP contribution in [-0.4, -0.2) is 37.2 Å². The van der Waals surface area contributed by atoms with Crippen LogP contribution in [0.3, 0.4) is 0 Å². The quantitative estimate of drug-likeness (QED) is 0.0261. The molecule has 1 unspecified atom stereocenters. The molecule has 0 N–H and O–H groups in total. The number of ether oxygens (including phenoxy) is 3. The Hall–Kier alpha value is -2.63. The first-order valence-corrected chi connectivity index (χ1v) is 33.1. The van der Waals surface area contributed by atoms with Gasteiger partial charge < -0.3 is 14.2 Å². The molecule has 6 heteroatoms. The SMILES string of the molecule is CCCCCC/C=C\C/C=C\CCCCCCCCCC(=O)OC(COC(=O)CCCCCCCCCCCCCC)COC(=O)CCCCCCCCCCCCCCCCC/C=C\C/C=C\CCCCCCC. The zero-order valence-electron chi connectivity index (χ0n) is 50.3. The Morgan fingerprint density at radius 3 is 0.747 bits per heavy atom. The maximum absolute atomic E-state index is 12.9. The minimum atomic E-state index is -0.775. The van der Waals surface area contributed by atoms with Crippen LogP contribution in [0.1, 0.15) is 355 Å². The molecule has 0 aromatic heterocycles. The molecule has 0 spiro atoms. The van der Waals surface area contributed by atoms with Gasteiger partial charge in [-0.15, -0.1) is 0 Å². The first kappa shape index (κ1) is 72.4. The maximum atomic E-state index is 12.9. The van der Waals surface area contributed by atoms with Crippen molar-refractivity contribution in [2.45, 2.75) is 361 Å². The zero-order valence-corrected chi connectivity index (χ0v) is 50.3. The normalized spacial score (nSPS) is 12.3. The van der Waals surface area contributed by atoms with Gasteiger partial charge in [0.15, 0.2) is 6.10 Å². The average Bonchev–Trinajstić information content (AvgIpc) is 3.41. The van der Waals surface area contributed by atoms with Crippen LogP contribution in [0.15, 0.2) is 48.6 Å². The number of hydrogen-bond acceptors (Lipinski definition) is 6. The summed E-state index contributed by atoms with van der Waals surface area (Å²) in [6.45, 7) is 6.65. The summed E-state index contributed by atoms with van der Waals surface area (Å²) in [5.74, 6) is -0.859. The molecule has 75 heavy (non-hydrogen) atoms. The van der Waals surface area contributed by atoms with Gasteiger partial charge in [0.05, 0.1) is 0 Å². The molecular weight excluding hydrogens is 925 g/mol. The van der Waals surface area contributed by atoms with Crippen molar-refractivity contribution in [2.24, 2.45) is 0 Å². The summed E-state index contributed by atoms with van der Waals surface area (Å²) in [7, 11) is 0. The third-order valence-electron chi connectivity index (χ3n) is 14.8. The minimum absolute atomic E-state index is 0.0720. The molecule has 0 aliphatic rings. The highest BCUT2D eigenvalue weighted by Gasteiger charge is 2.19. The molecule has 0 rings (SSSR count). The Bertz CT molecular complexity index is 1300. The van der Waals surface area contributed by atoms with Crippen LogP contribution in [0.2, 0.25) is 0 Å². The average molecular weight is 1050 g/mol. The standard InChI is InChI=1S/C69H126O6/c1-4-7-10-13-16-19-22-25-27-29-31-32-33-34-35-36-37-38-39-41-42-44-47-50-53-56-59-62-68(71)74-65-66(64-73-67(70)61-58-55-52-49-46-24-21-18-15-12-9-6-3)75-69(72)63-60-57-54-51-48-45-43-40-30-28-26-23-20-17-14-11-8-5-2/h20,22-23,25,28-31,66H,4-19,21,24,26-27,32-65H2,1-3H3/b23-20-,25-22-,30-28-,31-29-. The van der Waals surface area contributed by atoms with Crippen LogP contribution < -0.4 is 0 Å². The molecule has 0 saturated heterocycles. The van der Waals surface area contributed by atoms with Gasteiger partial charge in [-0.05, 0) is 83.5 Å². The molecular formula is C69H126O6. The first-order chi connectivity index (χ1) is 37.0. The van der Waals surface area contributed by atoms with E-state index in [1.807, 2.05) is 0 Å². The smallest absolute Gasteiger partial charge is 0.306 e. The van der Waals surface area contributed by atoms with E-state index in [-0.39, 0.29) is 31.1 Å². The Balaban J connectivity index is 4.22. The van der Waals surface area contributed by atoms with E-state index in [1.165, 1.54) is 238 Å². The lowest BCUT2D eigenvalue weighted by atomic mass is 10.0. The van der Waals surface area contributed by atoms with Crippen molar-refractivity contribution in [1.82, 2.24) is 0 Å². The molecule has 0 aliphatic heterocycles. The highest BCUT2D eigenvalue weighted by molar-refractivity contribution is 5.71. The van der Waals surface area contributed by atoms with E-state index in [9.17, 15) is 14.4 Å². The van der Waals surface area contributed by atoms with Crippen molar-refractivity contribution in [2.75, 3.05) is 13.2 Å². The second kappa shape index (κ2) is 63.9. The van der Waals surface area contributed by atoms with E-state index in [4.69, 9.17) is 14.2 Å². The van der Waals surface area contributed by atoms with Crippen molar-refractivity contribution in [1.29, 1.82) is 0 Å². The van der Waals surface area contributed by atoms with E-state index in [0.717, 1.165) is 77.0 Å². The van der Waals surface area contributed by atoms with Crippen molar-refractivity contribution in [3.63, 3.8) is 0 Å². The Kier molecular flexibility index (Phi) is 61.7. The fraction of sp³-hybridized carbons (Fsp3) is 0.841. The van der Waals surface area contributed by atoms with E-state index in [2.05, 4.69) is 69.4 Å². The van der Waals surface area contributed by atoms with Crippen LogP contribution >= 0.6 is 0 Å². The van der Waals surface area contributed by atoms with Gasteiger partial charge in [-0.25, -0.2) is 0 Å². The van der Waals surface area contributed by atoms with E-state index >= 15 is 0 Å². The highest BCUT2D eigenvalue weighted by atomic mass is 16.6. The molecule has 0 bridgehead atoms. The van der Waals surface area contributed by atoms with Crippen molar-refractivity contribution >= 4 is 17.9 Å². The summed E-state index contributed by atoms with van der Waals surface area (Å²) in [6, 6.07) is 0. The van der Waals surface area contributed by atoms with Gasteiger partial charge in [-0.1, -0.05) is 301 Å². The van der Waals surface area contributed by atoms with Crippen LogP contribution in [-0.2, 0) is 28.6 Å². The number of allylic oxidation sites excluding steroid dienone is 8. The lowest BCUT2D eigenvalue weighted by Crippen LogP contribution is -2.30. The molecule has 0 heterocycles. The topological polar surface area (TPSA) is 78.9 Å². The van der Waals surface area contributed by atoms with E-state index in [0.29, 0.717) is 19.3 Å². The number of rotatable bonds is 61. The fourth-order valence-corrected chi connectivity index (χ4v) is 9.80. The predicted molar refractivity (Wildman–Crippen MR) is 325 cm³/mol. The van der Waals surface area contributed by atoms with Gasteiger partial charge in [-0.3, -0.25) is 14.4 Å². The molecule has 0 saturated carbocycles. The lowest BCUT2D eigenvalue weighted by Gasteiger charge is -2.18. The maximum Gasteiger partial charge on any atom is 0.306 e. The van der Waals surface area contributed by atoms with Gasteiger partial charge in [0.1, 0.15) is 13.2 Å². The molecule has 438 valence electrons. The molecule has 6 nitrogen and oxygen atoms in total. The summed E-state index contributed by atoms with van der Waals surface area (Å²) in [5.41, 5.74) is 0. The Morgan fingerprint density at radius 2 is 0.480 bits per heavy atom. The number of carbonyl (C=O) groups excluding carboxylic acids is 3. The molecule has 0 aliphatic carbocycles. The van der Waals surface area contributed by atoms with Gasteiger partial charge in [0.25, 0.3) is 0 Å². The number of carbonyl (C=O) groups is 3. The van der Waals surface area contributed by atoms with Crippen LogP contribution in [0.25, 0.3) is 0 Å². The third kappa shape index (κ3) is 62.1. The van der Waals surface area contributed by atoms with E-state index < -0.39 is 6.10 Å². The Morgan fingerprint density at radius 1 is 0.267 bits per heavy atom. The molecule has 1 atom stereocenters. The molecule has 0 radical (unpaired) electrons. The molecule has 0 aromatic carbocycles. The monoisotopic (exact) mass is 1050 g/mol. The second-order valence-corrected chi connectivity index (χ2v) is 22.4. The van der Waals surface area contributed by atoms with Gasteiger partial charge in [-0.2, -0.15) is 0 Å². The van der Waals surface area contributed by atoms with Gasteiger partial charge >= 0.3 is 17.9 Å². The molecule has 0 fully saturated rings. The van der Waals surface area contributed by atoms with Gasteiger partial charge in [0.2, 0.25) is 0 Å². The largest absolute Gasteiger partial charge is 0.462 e. The third-order valence-corrected chi connectivity index (χ3v) is 14.8. The highest BCUT2D eigenvalue weighted by Crippen LogP contribution is 2.17. The van der Waals surface area contributed by atoms with Crippen LogP contribution in [0.5, 0.6) is 0 Å². The lowest BCUT2D eigenvalue weighted by molar-refractivity contribution is -0.167. The van der Waals surface area contributed by atoms with Crippen LogP contribution in [0, 0.1) is 0 Å². The zero-order chi connectivity index (χ0) is 54.3. The number of hydrogen-bond donors (Lipinski definition) is 0. The fourth-order valence-electron chi connectivity index (χ4n) is 9.80. The Labute approximate surface area is 467 Å². The second-order valence-electron chi connectivity index (χ2n) is 22.4. The predicted octanol–water partition coefficient (Wildman–Crippen LogP) is 22.6.